The maximum absolute atomic E-state index is 11.3. The summed E-state index contributed by atoms with van der Waals surface area (Å²) in [4.78, 5) is 11.3. The number of rotatable bonds is 2. The molecular formula is C10H13NO. The van der Waals surface area contributed by atoms with Crippen LogP contribution in [-0.2, 0) is 6.42 Å². The Hall–Kier alpha value is -1.05. The van der Waals surface area contributed by atoms with E-state index in [4.69, 9.17) is 0 Å². The van der Waals surface area contributed by atoms with Crippen molar-refractivity contribution in [1.29, 1.82) is 0 Å². The van der Waals surface area contributed by atoms with E-state index in [2.05, 4.69) is 6.92 Å². The van der Waals surface area contributed by atoms with Gasteiger partial charge in [-0.2, -0.15) is 0 Å². The summed E-state index contributed by atoms with van der Waals surface area (Å²) in [6.45, 7) is 2.11. The lowest BCUT2D eigenvalue weighted by molar-refractivity contribution is 0.700. The zero-order chi connectivity index (χ0) is 8.55. The molecule has 1 saturated carbocycles. The van der Waals surface area contributed by atoms with E-state index >= 15 is 0 Å². The van der Waals surface area contributed by atoms with Gasteiger partial charge in [-0.15, -0.1) is 0 Å². The second-order valence-electron chi connectivity index (χ2n) is 3.37. The monoisotopic (exact) mass is 163 g/mol. The van der Waals surface area contributed by atoms with Crippen LogP contribution in [0, 0.1) is 0 Å². The van der Waals surface area contributed by atoms with E-state index in [-0.39, 0.29) is 5.56 Å². The fourth-order valence-corrected chi connectivity index (χ4v) is 1.40. The van der Waals surface area contributed by atoms with Gasteiger partial charge in [-0.3, -0.25) is 4.79 Å². The van der Waals surface area contributed by atoms with Crippen molar-refractivity contribution in [3.63, 3.8) is 0 Å². The molecule has 12 heavy (non-hydrogen) atoms. The van der Waals surface area contributed by atoms with Crippen molar-refractivity contribution in [2.24, 2.45) is 0 Å². The molecule has 0 unspecified atom stereocenters. The van der Waals surface area contributed by atoms with Gasteiger partial charge in [0.25, 0.3) is 5.56 Å². The largest absolute Gasteiger partial charge is 0.312 e. The summed E-state index contributed by atoms with van der Waals surface area (Å²) in [5, 5.41) is 0. The molecule has 0 aromatic carbocycles. The third kappa shape index (κ3) is 1.29. The van der Waals surface area contributed by atoms with Crippen molar-refractivity contribution in [2.45, 2.75) is 32.2 Å². The molecule has 2 nitrogen and oxygen atoms in total. The summed E-state index contributed by atoms with van der Waals surface area (Å²) >= 11 is 0. The first-order chi connectivity index (χ1) is 5.81. The molecule has 0 amide bonds. The summed E-state index contributed by atoms with van der Waals surface area (Å²) in [6.07, 6.45) is 5.35. The third-order valence-electron chi connectivity index (χ3n) is 2.35. The van der Waals surface area contributed by atoms with Gasteiger partial charge in [-0.25, -0.2) is 0 Å². The van der Waals surface area contributed by atoms with Gasteiger partial charge >= 0.3 is 0 Å². The minimum atomic E-state index is 0.148. The number of hydrogen-bond donors (Lipinski definition) is 0. The zero-order valence-corrected chi connectivity index (χ0v) is 7.29. The Morgan fingerprint density at radius 2 is 2.25 bits per heavy atom. The van der Waals surface area contributed by atoms with Crippen LogP contribution in [0.5, 0.6) is 0 Å². The molecule has 1 aliphatic rings. The van der Waals surface area contributed by atoms with Gasteiger partial charge in [0.15, 0.2) is 0 Å². The minimum absolute atomic E-state index is 0.148. The molecule has 0 saturated heterocycles. The van der Waals surface area contributed by atoms with Crippen LogP contribution in [0.25, 0.3) is 0 Å². The molecule has 1 fully saturated rings. The van der Waals surface area contributed by atoms with Crippen LogP contribution in [-0.4, -0.2) is 4.57 Å². The maximum atomic E-state index is 11.3. The van der Waals surface area contributed by atoms with Crippen LogP contribution in [0.2, 0.25) is 0 Å². The molecular weight excluding hydrogens is 150 g/mol. The first-order valence-corrected chi connectivity index (χ1v) is 4.52. The third-order valence-corrected chi connectivity index (χ3v) is 2.35. The second kappa shape index (κ2) is 2.77. The summed E-state index contributed by atoms with van der Waals surface area (Å²) in [7, 11) is 0. The first kappa shape index (κ1) is 7.59. The van der Waals surface area contributed by atoms with Crippen LogP contribution >= 0.6 is 0 Å². The van der Waals surface area contributed by atoms with Crippen molar-refractivity contribution in [2.75, 3.05) is 0 Å². The van der Waals surface area contributed by atoms with Gasteiger partial charge < -0.3 is 4.57 Å². The van der Waals surface area contributed by atoms with E-state index in [0.717, 1.165) is 6.42 Å². The zero-order valence-electron chi connectivity index (χ0n) is 7.29. The summed E-state index contributed by atoms with van der Waals surface area (Å²) in [5.41, 5.74) is 1.40. The van der Waals surface area contributed by atoms with Gasteiger partial charge in [0.2, 0.25) is 0 Å². The van der Waals surface area contributed by atoms with E-state index in [0.29, 0.717) is 6.04 Å². The SMILES string of the molecule is CCc1ccc(=O)n(C2CC2)c1. The minimum Gasteiger partial charge on any atom is -0.312 e. The Morgan fingerprint density at radius 3 is 2.83 bits per heavy atom. The first-order valence-electron chi connectivity index (χ1n) is 4.52. The second-order valence-corrected chi connectivity index (χ2v) is 3.37. The molecule has 64 valence electrons. The standard InChI is InChI=1S/C10H13NO/c1-2-8-3-6-10(12)11(7-8)9-4-5-9/h3,6-7,9H,2,4-5H2,1H3. The van der Waals surface area contributed by atoms with Crippen molar-refractivity contribution >= 4 is 0 Å². The molecule has 0 bridgehead atoms. The number of pyridine rings is 1. The normalized spacial score (nSPS) is 16.4. The highest BCUT2D eigenvalue weighted by atomic mass is 16.1. The predicted octanol–water partition coefficient (Wildman–Crippen LogP) is 1.75. The molecule has 1 aliphatic carbocycles. The van der Waals surface area contributed by atoms with E-state index in [9.17, 15) is 4.79 Å². The quantitative estimate of drug-likeness (QED) is 0.651. The van der Waals surface area contributed by atoms with Gasteiger partial charge in [-0.05, 0) is 24.8 Å². The topological polar surface area (TPSA) is 22.0 Å². The van der Waals surface area contributed by atoms with Crippen LogP contribution in [0.1, 0.15) is 31.4 Å². The van der Waals surface area contributed by atoms with Crippen molar-refractivity contribution in [1.82, 2.24) is 4.57 Å². The molecule has 0 radical (unpaired) electrons. The highest BCUT2D eigenvalue weighted by molar-refractivity contribution is 5.11. The Balaban J connectivity index is 2.43. The Morgan fingerprint density at radius 1 is 1.50 bits per heavy atom. The maximum Gasteiger partial charge on any atom is 0.250 e. The molecule has 0 spiro atoms. The number of aryl methyl sites for hydroxylation is 1. The van der Waals surface area contributed by atoms with Crippen LogP contribution < -0.4 is 5.56 Å². The average molecular weight is 163 g/mol. The van der Waals surface area contributed by atoms with Crippen LogP contribution in [0.15, 0.2) is 23.1 Å². The summed E-state index contributed by atoms with van der Waals surface area (Å²) in [5.74, 6) is 0. The highest BCUT2D eigenvalue weighted by Crippen LogP contribution is 2.33. The van der Waals surface area contributed by atoms with E-state index in [1.54, 1.807) is 6.07 Å². The predicted molar refractivity (Wildman–Crippen MR) is 48.4 cm³/mol. The van der Waals surface area contributed by atoms with Gasteiger partial charge in [0, 0.05) is 18.3 Å². The Bertz CT molecular complexity index is 336. The van der Waals surface area contributed by atoms with Gasteiger partial charge in [0.1, 0.15) is 0 Å². The molecule has 0 aliphatic heterocycles. The molecule has 1 aromatic rings. The fourth-order valence-electron chi connectivity index (χ4n) is 1.40. The summed E-state index contributed by atoms with van der Waals surface area (Å²) < 4.78 is 1.87. The number of aromatic nitrogens is 1. The Kier molecular flexibility index (Phi) is 1.75. The molecule has 1 heterocycles. The van der Waals surface area contributed by atoms with E-state index in [1.165, 1.54) is 18.4 Å². The molecule has 2 rings (SSSR count). The molecule has 0 atom stereocenters. The van der Waals surface area contributed by atoms with E-state index < -0.39 is 0 Å². The van der Waals surface area contributed by atoms with Crippen LogP contribution in [0.3, 0.4) is 0 Å². The number of nitrogens with zero attached hydrogens (tertiary/aromatic N) is 1. The van der Waals surface area contributed by atoms with E-state index in [1.807, 2.05) is 16.8 Å². The lowest BCUT2D eigenvalue weighted by atomic mass is 10.2. The average Bonchev–Trinajstić information content (AvgIpc) is 2.88. The number of hydrogen-bond acceptors (Lipinski definition) is 1. The summed E-state index contributed by atoms with van der Waals surface area (Å²) in [6, 6.07) is 4.10. The van der Waals surface area contributed by atoms with Crippen molar-refractivity contribution < 1.29 is 0 Å². The van der Waals surface area contributed by atoms with Crippen molar-refractivity contribution in [3.8, 4) is 0 Å². The molecule has 0 N–H and O–H groups in total. The lowest BCUT2D eigenvalue weighted by Gasteiger charge is -2.04. The molecule has 2 heteroatoms. The Labute approximate surface area is 71.8 Å². The smallest absolute Gasteiger partial charge is 0.250 e. The molecule has 1 aromatic heterocycles. The van der Waals surface area contributed by atoms with Gasteiger partial charge in [0.05, 0.1) is 0 Å². The lowest BCUT2D eigenvalue weighted by Crippen LogP contribution is -2.17. The van der Waals surface area contributed by atoms with Crippen LogP contribution in [0.4, 0.5) is 0 Å². The van der Waals surface area contributed by atoms with Gasteiger partial charge in [-0.1, -0.05) is 13.0 Å². The fraction of sp³-hybridized carbons (Fsp3) is 0.500. The van der Waals surface area contributed by atoms with Crippen molar-refractivity contribution in [3.05, 3.63) is 34.2 Å². The highest BCUT2D eigenvalue weighted by Gasteiger charge is 2.23.